The van der Waals surface area contributed by atoms with E-state index in [0.29, 0.717) is 5.57 Å². The highest BCUT2D eigenvalue weighted by Gasteiger charge is 2.07. The predicted octanol–water partition coefficient (Wildman–Crippen LogP) is 0.959. The van der Waals surface area contributed by atoms with Crippen molar-refractivity contribution < 1.29 is 4.79 Å². The summed E-state index contributed by atoms with van der Waals surface area (Å²) in [5.74, 6) is 1.86. The molecule has 0 aromatic carbocycles. The van der Waals surface area contributed by atoms with Crippen LogP contribution in [0.5, 0.6) is 0 Å². The highest BCUT2D eigenvalue weighted by molar-refractivity contribution is 5.61. The molecule has 1 aliphatic carbocycles. The van der Waals surface area contributed by atoms with Gasteiger partial charge < -0.3 is 5.73 Å². The van der Waals surface area contributed by atoms with Crippen molar-refractivity contribution in [1.82, 2.24) is 0 Å². The summed E-state index contributed by atoms with van der Waals surface area (Å²) in [4.78, 5) is 10.3. The molecular weight excluding hydrogens is 138 g/mol. The molecule has 1 atom stereocenters. The summed E-state index contributed by atoms with van der Waals surface area (Å²) in [5, 5.41) is 0. The smallest absolute Gasteiger partial charge is 0.128 e. The van der Waals surface area contributed by atoms with E-state index in [2.05, 4.69) is 0 Å². The van der Waals surface area contributed by atoms with Crippen molar-refractivity contribution in [2.45, 2.75) is 0 Å². The van der Waals surface area contributed by atoms with Gasteiger partial charge in [0.05, 0.1) is 0 Å². The Balaban J connectivity index is 2.88. The van der Waals surface area contributed by atoms with Gasteiger partial charge in [-0.25, -0.2) is 4.79 Å². The summed E-state index contributed by atoms with van der Waals surface area (Å²) in [6.45, 7) is 0. The van der Waals surface area contributed by atoms with Gasteiger partial charge >= 0.3 is 0 Å². The van der Waals surface area contributed by atoms with Crippen LogP contribution in [0.15, 0.2) is 42.2 Å². The van der Waals surface area contributed by atoms with Crippen LogP contribution in [0.4, 0.5) is 0 Å². The number of hydrogen-bond acceptors (Lipinski definition) is 2. The Bertz CT molecular complexity index is 267. The lowest BCUT2D eigenvalue weighted by Gasteiger charge is -2.07. The van der Waals surface area contributed by atoms with Crippen molar-refractivity contribution >= 4 is 5.94 Å². The molecule has 1 unspecified atom stereocenters. The van der Waals surface area contributed by atoms with Crippen LogP contribution in [0.25, 0.3) is 0 Å². The summed E-state index contributed by atoms with van der Waals surface area (Å²) < 4.78 is 0. The van der Waals surface area contributed by atoms with E-state index < -0.39 is 0 Å². The Morgan fingerprint density at radius 2 is 2.36 bits per heavy atom. The number of carbonyl (C=O) groups excluding carboxylic acids is 1. The number of hydrogen-bond donors (Lipinski definition) is 1. The van der Waals surface area contributed by atoms with Crippen molar-refractivity contribution in [3.05, 3.63) is 42.2 Å². The van der Waals surface area contributed by atoms with Gasteiger partial charge in [-0.3, -0.25) is 0 Å². The maximum atomic E-state index is 10.3. The molecule has 0 heterocycles. The fourth-order valence-corrected chi connectivity index (χ4v) is 0.947. The van der Waals surface area contributed by atoms with E-state index in [0.717, 1.165) is 0 Å². The second kappa shape index (κ2) is 3.59. The van der Waals surface area contributed by atoms with Crippen molar-refractivity contribution in [1.29, 1.82) is 0 Å². The van der Waals surface area contributed by atoms with Gasteiger partial charge in [-0.15, -0.1) is 0 Å². The first kappa shape index (κ1) is 7.58. The molecule has 0 amide bonds. The lowest BCUT2D eigenvalue weighted by molar-refractivity contribution is 0.566. The van der Waals surface area contributed by atoms with Gasteiger partial charge in [0.25, 0.3) is 0 Å². The number of nitrogens with two attached hydrogens (primary N) is 1. The minimum atomic E-state index is 0.00231. The fourth-order valence-electron chi connectivity index (χ4n) is 0.947. The Kier molecular flexibility index (Phi) is 2.47. The molecule has 0 saturated carbocycles. The van der Waals surface area contributed by atoms with E-state index in [1.165, 1.54) is 6.20 Å². The van der Waals surface area contributed by atoms with Crippen molar-refractivity contribution in [3.8, 4) is 0 Å². The molecular formula is C9H9NO. The van der Waals surface area contributed by atoms with Crippen LogP contribution in [-0.2, 0) is 4.79 Å². The van der Waals surface area contributed by atoms with Gasteiger partial charge in [0.1, 0.15) is 5.94 Å². The molecule has 0 aromatic rings. The molecule has 56 valence electrons. The number of allylic oxidation sites excluding steroid dienone is 6. The predicted molar refractivity (Wildman–Crippen MR) is 44.3 cm³/mol. The van der Waals surface area contributed by atoms with E-state index in [-0.39, 0.29) is 5.92 Å². The minimum Gasteiger partial charge on any atom is -0.405 e. The van der Waals surface area contributed by atoms with Gasteiger partial charge in [0.15, 0.2) is 0 Å². The maximum absolute atomic E-state index is 10.3. The van der Waals surface area contributed by atoms with E-state index in [1.807, 2.05) is 18.1 Å². The largest absolute Gasteiger partial charge is 0.405 e. The summed E-state index contributed by atoms with van der Waals surface area (Å²) in [5.41, 5.74) is 5.81. The average molecular weight is 147 g/mol. The molecule has 0 bridgehead atoms. The molecule has 0 aliphatic heterocycles. The summed E-state index contributed by atoms with van der Waals surface area (Å²) in [7, 11) is 0. The molecule has 1 rings (SSSR count). The zero-order valence-electron chi connectivity index (χ0n) is 6.03. The quantitative estimate of drug-likeness (QED) is 0.561. The maximum Gasteiger partial charge on any atom is 0.128 e. The molecule has 2 nitrogen and oxygen atoms in total. The lowest BCUT2D eigenvalue weighted by atomic mass is 9.96. The summed E-state index contributed by atoms with van der Waals surface area (Å²) in [6.07, 6.45) is 10.5. The zero-order chi connectivity index (χ0) is 8.10. The van der Waals surface area contributed by atoms with Crippen molar-refractivity contribution in [2.75, 3.05) is 0 Å². The highest BCUT2D eigenvalue weighted by atomic mass is 16.1. The first-order valence-electron chi connectivity index (χ1n) is 3.36. The van der Waals surface area contributed by atoms with Gasteiger partial charge in [0, 0.05) is 11.5 Å². The van der Waals surface area contributed by atoms with Gasteiger partial charge in [0.2, 0.25) is 0 Å². The standard InChI is InChI=1S/C9H9NO/c10-6-5-8-3-1-2-4-9(8)7-11/h1-6,8H,10H2. The van der Waals surface area contributed by atoms with E-state index >= 15 is 0 Å². The van der Waals surface area contributed by atoms with Gasteiger partial charge in [-0.2, -0.15) is 0 Å². The van der Waals surface area contributed by atoms with E-state index in [4.69, 9.17) is 5.73 Å². The normalized spacial score (nSPS) is 22.5. The monoisotopic (exact) mass is 147 g/mol. The van der Waals surface area contributed by atoms with Crippen molar-refractivity contribution in [2.24, 2.45) is 11.7 Å². The van der Waals surface area contributed by atoms with Crippen molar-refractivity contribution in [3.63, 3.8) is 0 Å². The molecule has 0 aromatic heterocycles. The van der Waals surface area contributed by atoms with Crippen LogP contribution in [0.1, 0.15) is 0 Å². The van der Waals surface area contributed by atoms with Crippen LogP contribution in [0.3, 0.4) is 0 Å². The number of rotatable bonds is 1. The lowest BCUT2D eigenvalue weighted by Crippen LogP contribution is -1.99. The van der Waals surface area contributed by atoms with Gasteiger partial charge in [-0.1, -0.05) is 24.3 Å². The third kappa shape index (κ3) is 1.69. The topological polar surface area (TPSA) is 43.1 Å². The fraction of sp³-hybridized carbons (Fsp3) is 0.111. The van der Waals surface area contributed by atoms with Crippen LogP contribution in [0.2, 0.25) is 0 Å². The minimum absolute atomic E-state index is 0.00231. The summed E-state index contributed by atoms with van der Waals surface area (Å²) >= 11 is 0. The van der Waals surface area contributed by atoms with Crippen LogP contribution >= 0.6 is 0 Å². The Morgan fingerprint density at radius 3 is 3.00 bits per heavy atom. The summed E-state index contributed by atoms with van der Waals surface area (Å²) in [6, 6.07) is 0. The first-order valence-corrected chi connectivity index (χ1v) is 3.36. The molecule has 0 radical (unpaired) electrons. The molecule has 2 heteroatoms. The first-order chi connectivity index (χ1) is 5.38. The van der Waals surface area contributed by atoms with E-state index in [1.54, 1.807) is 18.2 Å². The molecule has 11 heavy (non-hydrogen) atoms. The SMILES string of the molecule is NC=CC1C=CC=CC1=C=O. The Hall–Kier alpha value is -1.53. The third-order valence-corrected chi connectivity index (χ3v) is 1.50. The van der Waals surface area contributed by atoms with Crippen LogP contribution in [-0.4, -0.2) is 5.94 Å². The van der Waals surface area contributed by atoms with Crippen LogP contribution < -0.4 is 5.73 Å². The zero-order valence-corrected chi connectivity index (χ0v) is 6.03. The Morgan fingerprint density at radius 1 is 1.55 bits per heavy atom. The van der Waals surface area contributed by atoms with Crippen LogP contribution in [0, 0.1) is 5.92 Å². The molecule has 0 saturated heterocycles. The Labute approximate surface area is 65.4 Å². The average Bonchev–Trinajstić information content (AvgIpc) is 2.06. The molecule has 2 N–H and O–H groups in total. The third-order valence-electron chi connectivity index (χ3n) is 1.50. The molecule has 1 aliphatic rings. The molecule has 0 spiro atoms. The second-order valence-electron chi connectivity index (χ2n) is 2.21. The molecule has 0 fully saturated rings. The highest BCUT2D eigenvalue weighted by Crippen LogP contribution is 2.16. The van der Waals surface area contributed by atoms with E-state index in [9.17, 15) is 4.79 Å². The van der Waals surface area contributed by atoms with Gasteiger partial charge in [-0.05, 0) is 12.3 Å². The second-order valence-corrected chi connectivity index (χ2v) is 2.21.